The third-order valence-corrected chi connectivity index (χ3v) is 3.08. The standard InChI is InChI=1S/C10H16N4O3/c15-7-8-2-1-3-13(8)4-5-14-6-9(10(16)17)11-12-14/h6,8,15H,1-5,7H2,(H,16,17). The van der Waals surface area contributed by atoms with E-state index in [4.69, 9.17) is 10.2 Å². The number of nitrogens with zero attached hydrogens (tertiary/aromatic N) is 4. The highest BCUT2D eigenvalue weighted by atomic mass is 16.4. The molecule has 1 fully saturated rings. The van der Waals surface area contributed by atoms with E-state index >= 15 is 0 Å². The van der Waals surface area contributed by atoms with Crippen molar-refractivity contribution in [2.24, 2.45) is 0 Å². The second kappa shape index (κ2) is 5.24. The minimum absolute atomic E-state index is 0.0369. The Morgan fingerprint density at radius 1 is 1.53 bits per heavy atom. The summed E-state index contributed by atoms with van der Waals surface area (Å²) in [7, 11) is 0. The molecule has 1 aliphatic heterocycles. The van der Waals surface area contributed by atoms with E-state index in [9.17, 15) is 4.79 Å². The van der Waals surface area contributed by atoms with Gasteiger partial charge in [0, 0.05) is 12.6 Å². The zero-order valence-corrected chi connectivity index (χ0v) is 9.49. The summed E-state index contributed by atoms with van der Waals surface area (Å²) in [5.74, 6) is -1.06. The number of hydrogen-bond donors (Lipinski definition) is 2. The summed E-state index contributed by atoms with van der Waals surface area (Å²) in [6, 6.07) is 0.234. The van der Waals surface area contributed by atoms with E-state index < -0.39 is 5.97 Å². The topological polar surface area (TPSA) is 91.5 Å². The molecule has 7 nitrogen and oxygen atoms in total. The molecule has 0 aliphatic carbocycles. The highest BCUT2D eigenvalue weighted by Crippen LogP contribution is 2.15. The Bertz CT molecular complexity index is 393. The van der Waals surface area contributed by atoms with Crippen molar-refractivity contribution in [1.82, 2.24) is 19.9 Å². The molecule has 94 valence electrons. The summed E-state index contributed by atoms with van der Waals surface area (Å²) in [6.45, 7) is 2.51. The second-order valence-corrected chi connectivity index (χ2v) is 4.19. The molecule has 1 unspecified atom stereocenters. The van der Waals surface area contributed by atoms with Crippen molar-refractivity contribution in [1.29, 1.82) is 0 Å². The van der Waals surface area contributed by atoms with E-state index in [1.54, 1.807) is 0 Å². The lowest BCUT2D eigenvalue weighted by molar-refractivity contribution is 0.0690. The van der Waals surface area contributed by atoms with Crippen LogP contribution in [-0.4, -0.2) is 61.8 Å². The maximum absolute atomic E-state index is 10.6. The minimum atomic E-state index is -1.06. The molecular formula is C10H16N4O3. The number of hydrogen-bond acceptors (Lipinski definition) is 5. The van der Waals surface area contributed by atoms with Crippen LogP contribution in [0.25, 0.3) is 0 Å². The first-order valence-electron chi connectivity index (χ1n) is 5.69. The SMILES string of the molecule is O=C(O)c1cn(CCN2CCCC2CO)nn1. The van der Waals surface area contributed by atoms with Crippen LogP contribution in [0.2, 0.25) is 0 Å². The molecule has 1 aromatic heterocycles. The summed E-state index contributed by atoms with van der Waals surface area (Å²) in [5.41, 5.74) is -0.0369. The van der Waals surface area contributed by atoms with E-state index in [-0.39, 0.29) is 18.3 Å². The molecule has 0 aromatic carbocycles. The van der Waals surface area contributed by atoms with Crippen LogP contribution in [-0.2, 0) is 6.54 Å². The maximum Gasteiger partial charge on any atom is 0.358 e. The molecule has 2 heterocycles. The van der Waals surface area contributed by atoms with Crippen LogP contribution < -0.4 is 0 Å². The molecule has 1 aromatic rings. The Morgan fingerprint density at radius 2 is 2.35 bits per heavy atom. The van der Waals surface area contributed by atoms with Crippen molar-refractivity contribution in [3.63, 3.8) is 0 Å². The molecule has 0 amide bonds. The van der Waals surface area contributed by atoms with Crippen molar-refractivity contribution in [2.45, 2.75) is 25.4 Å². The lowest BCUT2D eigenvalue weighted by Crippen LogP contribution is -2.34. The average molecular weight is 240 g/mol. The summed E-state index contributed by atoms with van der Waals surface area (Å²) >= 11 is 0. The van der Waals surface area contributed by atoms with Crippen molar-refractivity contribution >= 4 is 5.97 Å². The molecule has 0 bridgehead atoms. The van der Waals surface area contributed by atoms with Crippen molar-refractivity contribution in [3.8, 4) is 0 Å². The Hall–Kier alpha value is -1.47. The molecule has 7 heteroatoms. The van der Waals surface area contributed by atoms with Gasteiger partial charge in [0.15, 0.2) is 5.69 Å². The van der Waals surface area contributed by atoms with Crippen LogP contribution in [0.15, 0.2) is 6.20 Å². The van der Waals surface area contributed by atoms with Gasteiger partial charge in [-0.25, -0.2) is 4.79 Å². The lowest BCUT2D eigenvalue weighted by Gasteiger charge is -2.22. The van der Waals surface area contributed by atoms with E-state index in [0.717, 1.165) is 25.9 Å². The molecule has 0 saturated carbocycles. The quantitative estimate of drug-likeness (QED) is 0.716. The summed E-state index contributed by atoms with van der Waals surface area (Å²) in [6.07, 6.45) is 3.55. The van der Waals surface area contributed by atoms with Gasteiger partial charge in [-0.15, -0.1) is 5.10 Å². The molecule has 1 aliphatic rings. The number of carbonyl (C=O) groups is 1. The van der Waals surface area contributed by atoms with Crippen LogP contribution in [0.5, 0.6) is 0 Å². The molecule has 1 atom stereocenters. The van der Waals surface area contributed by atoms with Crippen LogP contribution in [0.3, 0.4) is 0 Å². The fourth-order valence-corrected chi connectivity index (χ4v) is 2.13. The predicted octanol–water partition coefficient (Wildman–Crippen LogP) is -0.567. The highest BCUT2D eigenvalue weighted by molar-refractivity contribution is 5.84. The van der Waals surface area contributed by atoms with Crippen LogP contribution in [0.1, 0.15) is 23.3 Å². The molecule has 2 rings (SSSR count). The van der Waals surface area contributed by atoms with E-state index in [1.807, 2.05) is 0 Å². The van der Waals surface area contributed by atoms with Crippen LogP contribution >= 0.6 is 0 Å². The smallest absolute Gasteiger partial charge is 0.358 e. The Labute approximate surface area is 98.7 Å². The maximum atomic E-state index is 10.6. The molecule has 1 saturated heterocycles. The monoisotopic (exact) mass is 240 g/mol. The number of aromatic nitrogens is 3. The van der Waals surface area contributed by atoms with Gasteiger partial charge in [-0.1, -0.05) is 5.21 Å². The van der Waals surface area contributed by atoms with Crippen LogP contribution in [0, 0.1) is 0 Å². The van der Waals surface area contributed by atoms with Gasteiger partial charge >= 0.3 is 5.97 Å². The zero-order chi connectivity index (χ0) is 12.3. The third-order valence-electron chi connectivity index (χ3n) is 3.08. The molecule has 17 heavy (non-hydrogen) atoms. The normalized spacial score (nSPS) is 20.9. The van der Waals surface area contributed by atoms with Gasteiger partial charge in [0.2, 0.25) is 0 Å². The Kier molecular flexibility index (Phi) is 3.70. The number of aromatic carboxylic acids is 1. The summed E-state index contributed by atoms with van der Waals surface area (Å²) < 4.78 is 1.52. The minimum Gasteiger partial charge on any atom is -0.476 e. The van der Waals surface area contributed by atoms with Crippen molar-refractivity contribution in [3.05, 3.63) is 11.9 Å². The van der Waals surface area contributed by atoms with Gasteiger partial charge in [-0.3, -0.25) is 9.58 Å². The Balaban J connectivity index is 1.86. The first-order chi connectivity index (χ1) is 8.20. The molecule has 0 radical (unpaired) electrons. The first kappa shape index (κ1) is 12.0. The van der Waals surface area contributed by atoms with Gasteiger partial charge in [0.1, 0.15) is 0 Å². The fourth-order valence-electron chi connectivity index (χ4n) is 2.13. The summed E-state index contributed by atoms with van der Waals surface area (Å²) in [4.78, 5) is 12.8. The van der Waals surface area contributed by atoms with E-state index in [0.29, 0.717) is 6.54 Å². The largest absolute Gasteiger partial charge is 0.476 e. The first-order valence-corrected chi connectivity index (χ1v) is 5.69. The van der Waals surface area contributed by atoms with Crippen LogP contribution in [0.4, 0.5) is 0 Å². The number of carboxylic acids is 1. The van der Waals surface area contributed by atoms with Gasteiger partial charge in [0.25, 0.3) is 0 Å². The number of likely N-dealkylation sites (tertiary alicyclic amines) is 1. The van der Waals surface area contributed by atoms with Gasteiger partial charge in [0.05, 0.1) is 19.3 Å². The molecular weight excluding hydrogens is 224 g/mol. The van der Waals surface area contributed by atoms with Gasteiger partial charge in [-0.05, 0) is 19.4 Å². The number of carboxylic acid groups (broad SMARTS) is 1. The van der Waals surface area contributed by atoms with Crippen molar-refractivity contribution < 1.29 is 15.0 Å². The van der Waals surface area contributed by atoms with Gasteiger partial charge in [-0.2, -0.15) is 0 Å². The lowest BCUT2D eigenvalue weighted by atomic mass is 10.2. The molecule has 2 N–H and O–H groups in total. The third kappa shape index (κ3) is 2.80. The Morgan fingerprint density at radius 3 is 3.00 bits per heavy atom. The predicted molar refractivity (Wildman–Crippen MR) is 58.7 cm³/mol. The van der Waals surface area contributed by atoms with E-state index in [2.05, 4.69) is 15.2 Å². The second-order valence-electron chi connectivity index (χ2n) is 4.19. The summed E-state index contributed by atoms with van der Waals surface area (Å²) in [5, 5.41) is 25.1. The number of aliphatic hydroxyl groups is 1. The van der Waals surface area contributed by atoms with Crippen molar-refractivity contribution in [2.75, 3.05) is 19.7 Å². The number of aliphatic hydroxyl groups excluding tert-OH is 1. The fraction of sp³-hybridized carbons (Fsp3) is 0.700. The zero-order valence-electron chi connectivity index (χ0n) is 9.49. The highest BCUT2D eigenvalue weighted by Gasteiger charge is 2.23. The molecule has 0 spiro atoms. The number of rotatable bonds is 5. The van der Waals surface area contributed by atoms with E-state index in [1.165, 1.54) is 10.9 Å². The average Bonchev–Trinajstić information content (AvgIpc) is 2.95. The van der Waals surface area contributed by atoms with Gasteiger partial charge < -0.3 is 10.2 Å².